The third kappa shape index (κ3) is 4.82. The smallest absolute Gasteiger partial charge is 0.0945 e. The van der Waals surface area contributed by atoms with Crippen molar-refractivity contribution in [2.45, 2.75) is 65.6 Å². The number of aryl methyl sites for hydroxylation is 1. The summed E-state index contributed by atoms with van der Waals surface area (Å²) in [7, 11) is 0. The van der Waals surface area contributed by atoms with Gasteiger partial charge in [0.1, 0.15) is 0 Å². The number of aromatic nitrogens is 2. The van der Waals surface area contributed by atoms with E-state index in [0.29, 0.717) is 17.5 Å². The predicted molar refractivity (Wildman–Crippen MR) is 88.4 cm³/mol. The molecule has 1 saturated heterocycles. The molecule has 1 fully saturated rings. The average Bonchev–Trinajstić information content (AvgIpc) is 2.91. The lowest BCUT2D eigenvalue weighted by atomic mass is 9.83. The Bertz CT molecular complexity index is 393. The first-order chi connectivity index (χ1) is 10.0. The molecule has 120 valence electrons. The third-order valence-corrected chi connectivity index (χ3v) is 4.55. The topological polar surface area (TPSA) is 33.1 Å². The fraction of sp³-hybridized carbons (Fsp3) is 0.824. The number of imidazole rings is 1. The highest BCUT2D eigenvalue weighted by Gasteiger charge is 2.34. The van der Waals surface area contributed by atoms with Gasteiger partial charge in [0.05, 0.1) is 6.33 Å². The van der Waals surface area contributed by atoms with Gasteiger partial charge in [-0.15, -0.1) is 0 Å². The average molecular weight is 292 g/mol. The first kappa shape index (κ1) is 16.5. The van der Waals surface area contributed by atoms with Crippen LogP contribution in [0.4, 0.5) is 0 Å². The first-order valence-corrected chi connectivity index (χ1v) is 8.44. The van der Waals surface area contributed by atoms with Crippen LogP contribution in [0.3, 0.4) is 0 Å². The lowest BCUT2D eigenvalue weighted by molar-refractivity contribution is 0.0520. The molecule has 2 heterocycles. The van der Waals surface area contributed by atoms with Crippen LogP contribution < -0.4 is 5.32 Å². The maximum absolute atomic E-state index is 4.12. The van der Waals surface area contributed by atoms with Gasteiger partial charge in [-0.25, -0.2) is 4.98 Å². The Hall–Kier alpha value is -0.870. The van der Waals surface area contributed by atoms with Crippen LogP contribution >= 0.6 is 0 Å². The Labute approximate surface area is 129 Å². The Morgan fingerprint density at radius 2 is 2.10 bits per heavy atom. The van der Waals surface area contributed by atoms with Crippen molar-refractivity contribution in [1.82, 2.24) is 19.8 Å². The minimum absolute atomic E-state index is 0.333. The molecule has 0 amide bonds. The van der Waals surface area contributed by atoms with Gasteiger partial charge in [0.25, 0.3) is 0 Å². The highest BCUT2D eigenvalue weighted by atomic mass is 15.2. The van der Waals surface area contributed by atoms with E-state index in [-0.39, 0.29) is 0 Å². The summed E-state index contributed by atoms with van der Waals surface area (Å²) in [5.41, 5.74) is 0.333. The molecule has 1 aliphatic rings. The molecule has 1 aromatic rings. The Balaban J connectivity index is 1.89. The molecular weight excluding hydrogens is 260 g/mol. The number of rotatable bonds is 6. The van der Waals surface area contributed by atoms with E-state index >= 15 is 0 Å². The van der Waals surface area contributed by atoms with E-state index in [0.717, 1.165) is 13.1 Å². The van der Waals surface area contributed by atoms with E-state index in [1.807, 2.05) is 12.5 Å². The van der Waals surface area contributed by atoms with Gasteiger partial charge >= 0.3 is 0 Å². The van der Waals surface area contributed by atoms with Crippen molar-refractivity contribution in [3.8, 4) is 0 Å². The van der Waals surface area contributed by atoms with Gasteiger partial charge in [0.2, 0.25) is 0 Å². The van der Waals surface area contributed by atoms with Gasteiger partial charge in [-0.2, -0.15) is 0 Å². The summed E-state index contributed by atoms with van der Waals surface area (Å²) in [4.78, 5) is 6.83. The monoisotopic (exact) mass is 292 g/mol. The van der Waals surface area contributed by atoms with Crippen LogP contribution in [0.2, 0.25) is 0 Å². The molecule has 1 aromatic heterocycles. The molecule has 0 aliphatic carbocycles. The number of hydrogen-bond acceptors (Lipinski definition) is 3. The summed E-state index contributed by atoms with van der Waals surface area (Å²) in [5.74, 6) is 0. The van der Waals surface area contributed by atoms with Crippen LogP contribution in [0.25, 0.3) is 0 Å². The standard InChI is InChI=1S/C17H32N4/c1-5-7-15-13-21(16(12-19-15)17(2,3)4)10-6-9-20-11-8-18-14-20/h8,11,14-16,19H,5-7,9-10,12-13H2,1-4H3. The maximum atomic E-state index is 4.12. The summed E-state index contributed by atoms with van der Waals surface area (Å²) >= 11 is 0. The molecule has 0 saturated carbocycles. The molecule has 21 heavy (non-hydrogen) atoms. The second-order valence-corrected chi connectivity index (χ2v) is 7.42. The van der Waals surface area contributed by atoms with Crippen LogP contribution in [0.15, 0.2) is 18.7 Å². The van der Waals surface area contributed by atoms with Crippen molar-refractivity contribution in [2.24, 2.45) is 5.41 Å². The first-order valence-electron chi connectivity index (χ1n) is 8.44. The molecule has 2 rings (SSSR count). The molecule has 0 bridgehead atoms. The SMILES string of the molecule is CCCC1CN(CCCn2ccnc2)C(C(C)(C)C)CN1. The van der Waals surface area contributed by atoms with Crippen LogP contribution in [-0.2, 0) is 6.54 Å². The molecule has 4 nitrogen and oxygen atoms in total. The van der Waals surface area contributed by atoms with Gasteiger partial charge in [0.15, 0.2) is 0 Å². The maximum Gasteiger partial charge on any atom is 0.0945 e. The molecule has 0 radical (unpaired) electrons. The fourth-order valence-corrected chi connectivity index (χ4v) is 3.40. The highest BCUT2D eigenvalue weighted by molar-refractivity contribution is 4.92. The Morgan fingerprint density at radius 1 is 1.29 bits per heavy atom. The van der Waals surface area contributed by atoms with Crippen LogP contribution in [0, 0.1) is 5.41 Å². The lowest BCUT2D eigenvalue weighted by Gasteiger charge is -2.46. The summed E-state index contributed by atoms with van der Waals surface area (Å²) in [6.45, 7) is 13.9. The van der Waals surface area contributed by atoms with Crippen molar-refractivity contribution in [3.63, 3.8) is 0 Å². The van der Waals surface area contributed by atoms with Gasteiger partial charge in [-0.1, -0.05) is 34.1 Å². The molecule has 1 aliphatic heterocycles. The molecule has 1 N–H and O–H groups in total. The van der Waals surface area contributed by atoms with Crippen molar-refractivity contribution >= 4 is 0 Å². The zero-order chi connectivity index (χ0) is 15.3. The van der Waals surface area contributed by atoms with Gasteiger partial charge < -0.3 is 9.88 Å². The normalized spacial score (nSPS) is 24.4. The van der Waals surface area contributed by atoms with Crippen LogP contribution in [-0.4, -0.2) is 46.2 Å². The largest absolute Gasteiger partial charge is 0.337 e. The number of piperazine rings is 1. The van der Waals surface area contributed by atoms with Gasteiger partial charge in [-0.3, -0.25) is 4.90 Å². The van der Waals surface area contributed by atoms with Crippen LogP contribution in [0.5, 0.6) is 0 Å². The second kappa shape index (κ2) is 7.41. The van der Waals surface area contributed by atoms with Crippen molar-refractivity contribution < 1.29 is 0 Å². The van der Waals surface area contributed by atoms with Crippen molar-refractivity contribution in [3.05, 3.63) is 18.7 Å². The summed E-state index contributed by atoms with van der Waals surface area (Å²) in [5, 5.41) is 3.75. The minimum Gasteiger partial charge on any atom is -0.337 e. The van der Waals surface area contributed by atoms with E-state index in [9.17, 15) is 0 Å². The number of nitrogens with one attached hydrogen (secondary N) is 1. The van der Waals surface area contributed by atoms with Crippen molar-refractivity contribution in [1.29, 1.82) is 0 Å². The van der Waals surface area contributed by atoms with E-state index in [4.69, 9.17) is 0 Å². The Kier molecular flexibility index (Phi) is 5.82. The molecule has 0 spiro atoms. The summed E-state index contributed by atoms with van der Waals surface area (Å²) in [6.07, 6.45) is 9.58. The number of nitrogens with zero attached hydrogens (tertiary/aromatic N) is 3. The van der Waals surface area contributed by atoms with E-state index in [1.54, 1.807) is 0 Å². The lowest BCUT2D eigenvalue weighted by Crippen LogP contribution is -2.60. The molecule has 2 atom stereocenters. The van der Waals surface area contributed by atoms with Gasteiger partial charge in [-0.05, 0) is 18.3 Å². The Morgan fingerprint density at radius 3 is 2.71 bits per heavy atom. The summed E-state index contributed by atoms with van der Waals surface area (Å²) < 4.78 is 2.18. The van der Waals surface area contributed by atoms with Crippen molar-refractivity contribution in [2.75, 3.05) is 19.6 Å². The zero-order valence-electron chi connectivity index (χ0n) is 14.2. The third-order valence-electron chi connectivity index (χ3n) is 4.55. The van der Waals surface area contributed by atoms with E-state index in [2.05, 4.69) is 53.7 Å². The number of hydrogen-bond donors (Lipinski definition) is 1. The van der Waals surface area contributed by atoms with Crippen LogP contribution in [0.1, 0.15) is 47.0 Å². The predicted octanol–water partition coefficient (Wildman–Crippen LogP) is 2.76. The zero-order valence-corrected chi connectivity index (χ0v) is 14.2. The van der Waals surface area contributed by atoms with Gasteiger partial charge in [0, 0.05) is 50.7 Å². The molecular formula is C17H32N4. The van der Waals surface area contributed by atoms with E-state index < -0.39 is 0 Å². The molecule has 4 heteroatoms. The second-order valence-electron chi connectivity index (χ2n) is 7.42. The minimum atomic E-state index is 0.333. The van der Waals surface area contributed by atoms with E-state index in [1.165, 1.54) is 32.4 Å². The fourth-order valence-electron chi connectivity index (χ4n) is 3.40. The quantitative estimate of drug-likeness (QED) is 0.875. The molecule has 2 unspecified atom stereocenters. The summed E-state index contributed by atoms with van der Waals surface area (Å²) in [6, 6.07) is 1.30. The molecule has 0 aromatic carbocycles. The highest BCUT2D eigenvalue weighted by Crippen LogP contribution is 2.27.